The number of likely N-dealkylation sites (tertiary alicyclic amines) is 1. The first-order valence-electron chi connectivity index (χ1n) is 10.7. The van der Waals surface area contributed by atoms with Gasteiger partial charge in [0.05, 0.1) is 11.0 Å². The zero-order valence-electron chi connectivity index (χ0n) is 17.0. The molecule has 2 fully saturated rings. The monoisotopic (exact) mass is 408 g/mol. The summed E-state index contributed by atoms with van der Waals surface area (Å²) in [4.78, 5) is 20.7. The van der Waals surface area contributed by atoms with Gasteiger partial charge in [-0.25, -0.2) is 15.0 Å². The topological polar surface area (TPSA) is 57.2 Å². The summed E-state index contributed by atoms with van der Waals surface area (Å²) in [7, 11) is 0. The van der Waals surface area contributed by atoms with Crippen LogP contribution in [0.1, 0.15) is 43.9 Å². The van der Waals surface area contributed by atoms with E-state index in [4.69, 9.17) is 9.97 Å². The molecule has 152 valence electrons. The van der Waals surface area contributed by atoms with Crippen molar-refractivity contribution in [2.75, 3.05) is 29.9 Å². The molecule has 29 heavy (non-hydrogen) atoms. The highest BCUT2D eigenvalue weighted by molar-refractivity contribution is 7.15. The van der Waals surface area contributed by atoms with E-state index in [9.17, 15) is 0 Å². The minimum Gasteiger partial charge on any atom is -0.354 e. The van der Waals surface area contributed by atoms with Crippen LogP contribution in [-0.2, 0) is 6.54 Å². The maximum atomic E-state index is 4.93. The highest BCUT2D eigenvalue weighted by Gasteiger charge is 2.21. The van der Waals surface area contributed by atoms with E-state index < -0.39 is 0 Å². The summed E-state index contributed by atoms with van der Waals surface area (Å²) in [5.74, 6) is 1.76. The van der Waals surface area contributed by atoms with Gasteiger partial charge in [0.25, 0.3) is 0 Å². The Morgan fingerprint density at radius 2 is 1.79 bits per heavy atom. The Morgan fingerprint density at radius 1 is 1.03 bits per heavy atom. The van der Waals surface area contributed by atoms with E-state index in [-0.39, 0.29) is 0 Å². The summed E-state index contributed by atoms with van der Waals surface area (Å²) in [6.45, 7) is 6.60. The Bertz CT molecular complexity index is 980. The molecule has 3 aromatic rings. The highest BCUT2D eigenvalue weighted by Crippen LogP contribution is 2.32. The van der Waals surface area contributed by atoms with Crippen LogP contribution in [0, 0.1) is 0 Å². The highest BCUT2D eigenvalue weighted by atomic mass is 32.1. The summed E-state index contributed by atoms with van der Waals surface area (Å²) in [6.07, 6.45) is 8.40. The molecule has 0 aliphatic carbocycles. The van der Waals surface area contributed by atoms with E-state index in [0.717, 1.165) is 47.4 Å². The zero-order chi connectivity index (χ0) is 19.6. The minimum absolute atomic E-state index is 0.662. The minimum atomic E-state index is 0.662. The third kappa shape index (κ3) is 4.07. The number of anilines is 3. The van der Waals surface area contributed by atoms with Crippen molar-refractivity contribution in [3.05, 3.63) is 35.3 Å². The summed E-state index contributed by atoms with van der Waals surface area (Å²) >= 11 is 1.73. The van der Waals surface area contributed by atoms with Gasteiger partial charge in [-0.3, -0.25) is 4.90 Å². The molecule has 1 aromatic carbocycles. The lowest BCUT2D eigenvalue weighted by Crippen LogP contribution is -2.36. The number of nitrogens with zero attached hydrogens (tertiary/aromatic N) is 5. The van der Waals surface area contributed by atoms with Crippen LogP contribution in [0.3, 0.4) is 0 Å². The standard InChI is InChI=1S/C22H28N6S/c1-16-8-4-5-13-28(16)15-17-14-23-22(29-17)26-20-21(27-11-6-7-12-27)25-19-10-3-2-9-18(19)24-20/h2-3,9-10,14,16H,4-8,11-13,15H2,1H3,(H,23,24,26). The quantitative estimate of drug-likeness (QED) is 0.654. The Balaban J connectivity index is 1.39. The normalized spacial score (nSPS) is 20.4. The number of rotatable bonds is 5. The van der Waals surface area contributed by atoms with Crippen molar-refractivity contribution < 1.29 is 0 Å². The molecule has 7 heteroatoms. The van der Waals surface area contributed by atoms with Gasteiger partial charge < -0.3 is 10.2 Å². The van der Waals surface area contributed by atoms with E-state index in [1.807, 2.05) is 30.5 Å². The van der Waals surface area contributed by atoms with Crippen molar-refractivity contribution in [2.24, 2.45) is 0 Å². The first-order valence-corrected chi connectivity index (χ1v) is 11.6. The Morgan fingerprint density at radius 3 is 2.59 bits per heavy atom. The van der Waals surface area contributed by atoms with Crippen LogP contribution in [-0.4, -0.2) is 45.5 Å². The van der Waals surface area contributed by atoms with Crippen LogP contribution >= 0.6 is 11.3 Å². The van der Waals surface area contributed by atoms with E-state index in [1.54, 1.807) is 11.3 Å². The summed E-state index contributed by atoms with van der Waals surface area (Å²) in [5, 5.41) is 4.38. The van der Waals surface area contributed by atoms with E-state index >= 15 is 0 Å². The molecule has 2 aliphatic heterocycles. The third-order valence-corrected chi connectivity index (χ3v) is 6.93. The SMILES string of the molecule is CC1CCCCN1Cc1cnc(Nc2nc3ccccc3nc2N2CCCC2)s1. The number of para-hydroxylation sites is 2. The van der Waals surface area contributed by atoms with Crippen LogP contribution in [0.4, 0.5) is 16.8 Å². The summed E-state index contributed by atoms with van der Waals surface area (Å²) in [6, 6.07) is 8.75. The number of fused-ring (bicyclic) bond motifs is 1. The van der Waals surface area contributed by atoms with Gasteiger partial charge in [0.1, 0.15) is 0 Å². The smallest absolute Gasteiger partial charge is 0.188 e. The predicted molar refractivity (Wildman–Crippen MR) is 120 cm³/mol. The van der Waals surface area contributed by atoms with Crippen LogP contribution in [0.15, 0.2) is 30.5 Å². The lowest BCUT2D eigenvalue weighted by Gasteiger charge is -2.32. The molecule has 6 nitrogen and oxygen atoms in total. The van der Waals surface area contributed by atoms with Crippen LogP contribution in [0.2, 0.25) is 0 Å². The predicted octanol–water partition coefficient (Wildman–Crippen LogP) is 4.80. The molecule has 5 rings (SSSR count). The second-order valence-corrected chi connectivity index (χ2v) is 9.27. The van der Waals surface area contributed by atoms with Gasteiger partial charge in [0, 0.05) is 36.8 Å². The van der Waals surface area contributed by atoms with Gasteiger partial charge in [-0.05, 0) is 51.3 Å². The molecule has 1 unspecified atom stereocenters. The molecule has 0 bridgehead atoms. The zero-order valence-corrected chi connectivity index (χ0v) is 17.8. The van der Waals surface area contributed by atoms with Crippen molar-refractivity contribution in [1.82, 2.24) is 19.9 Å². The molecule has 2 aromatic heterocycles. The fourth-order valence-electron chi connectivity index (χ4n) is 4.36. The van der Waals surface area contributed by atoms with Crippen molar-refractivity contribution in [1.29, 1.82) is 0 Å². The van der Waals surface area contributed by atoms with Crippen molar-refractivity contribution >= 4 is 39.1 Å². The average Bonchev–Trinajstić information content (AvgIpc) is 3.42. The third-order valence-electron chi connectivity index (χ3n) is 6.04. The summed E-state index contributed by atoms with van der Waals surface area (Å²) in [5.41, 5.74) is 1.86. The first kappa shape index (κ1) is 18.8. The maximum Gasteiger partial charge on any atom is 0.188 e. The fourth-order valence-corrected chi connectivity index (χ4v) is 5.19. The Hall–Kier alpha value is -2.25. The number of nitrogens with one attached hydrogen (secondary N) is 1. The van der Waals surface area contributed by atoms with Gasteiger partial charge >= 0.3 is 0 Å². The van der Waals surface area contributed by atoms with Gasteiger partial charge in [0.2, 0.25) is 0 Å². The second-order valence-electron chi connectivity index (χ2n) is 8.15. The largest absolute Gasteiger partial charge is 0.354 e. The summed E-state index contributed by atoms with van der Waals surface area (Å²) < 4.78 is 0. The molecule has 0 spiro atoms. The van der Waals surface area contributed by atoms with E-state index in [1.165, 1.54) is 43.5 Å². The number of hydrogen-bond acceptors (Lipinski definition) is 7. The van der Waals surface area contributed by atoms with Gasteiger partial charge in [-0.15, -0.1) is 11.3 Å². The molecule has 0 saturated carbocycles. The van der Waals surface area contributed by atoms with Gasteiger partial charge in [-0.1, -0.05) is 18.6 Å². The lowest BCUT2D eigenvalue weighted by molar-refractivity contribution is 0.154. The van der Waals surface area contributed by atoms with Crippen molar-refractivity contribution in [3.8, 4) is 0 Å². The van der Waals surface area contributed by atoms with E-state index in [2.05, 4.69) is 27.0 Å². The molecule has 1 atom stereocenters. The van der Waals surface area contributed by atoms with Crippen LogP contribution in [0.25, 0.3) is 11.0 Å². The molecule has 0 amide bonds. The second kappa shape index (κ2) is 8.24. The van der Waals surface area contributed by atoms with Crippen molar-refractivity contribution in [2.45, 2.75) is 51.6 Å². The van der Waals surface area contributed by atoms with E-state index in [0.29, 0.717) is 6.04 Å². The molecular weight excluding hydrogens is 380 g/mol. The molecular formula is C22H28N6S. The molecule has 4 heterocycles. The lowest BCUT2D eigenvalue weighted by atomic mass is 10.0. The van der Waals surface area contributed by atoms with Crippen LogP contribution in [0.5, 0.6) is 0 Å². The number of aromatic nitrogens is 3. The fraction of sp³-hybridized carbons (Fsp3) is 0.500. The Kier molecular flexibility index (Phi) is 5.33. The maximum absolute atomic E-state index is 4.93. The van der Waals surface area contributed by atoms with Crippen LogP contribution < -0.4 is 10.2 Å². The molecule has 1 N–H and O–H groups in total. The number of thiazole rings is 1. The first-order chi connectivity index (χ1) is 14.3. The molecule has 2 aliphatic rings. The molecule has 2 saturated heterocycles. The number of piperidine rings is 1. The average molecular weight is 409 g/mol. The van der Waals surface area contributed by atoms with Gasteiger partial charge in [-0.2, -0.15) is 0 Å². The Labute approximate surface area is 176 Å². The van der Waals surface area contributed by atoms with Crippen molar-refractivity contribution in [3.63, 3.8) is 0 Å². The number of benzene rings is 1. The number of hydrogen-bond donors (Lipinski definition) is 1. The molecule has 0 radical (unpaired) electrons. The van der Waals surface area contributed by atoms with Gasteiger partial charge in [0.15, 0.2) is 16.8 Å².